The molecule has 9 heteroatoms. The van der Waals surface area contributed by atoms with Gasteiger partial charge in [0.2, 0.25) is 10.0 Å². The fourth-order valence-corrected chi connectivity index (χ4v) is 5.45. The van der Waals surface area contributed by atoms with Gasteiger partial charge in [-0.15, -0.1) is 0 Å². The highest BCUT2D eigenvalue weighted by Gasteiger charge is 2.25. The highest BCUT2D eigenvalue weighted by molar-refractivity contribution is 7.89. The Bertz CT molecular complexity index is 1340. The van der Waals surface area contributed by atoms with Crippen molar-refractivity contribution in [2.24, 2.45) is 0 Å². The van der Waals surface area contributed by atoms with Crippen molar-refractivity contribution in [1.29, 1.82) is 0 Å². The fourth-order valence-electron chi connectivity index (χ4n) is 4.18. The molecule has 3 aromatic carbocycles. The number of halogens is 1. The van der Waals surface area contributed by atoms with Crippen LogP contribution in [0.1, 0.15) is 27.9 Å². The second kappa shape index (κ2) is 10.7. The van der Waals surface area contributed by atoms with E-state index in [0.29, 0.717) is 41.5 Å². The summed E-state index contributed by atoms with van der Waals surface area (Å²) in [5, 5.41) is 0.494. The summed E-state index contributed by atoms with van der Waals surface area (Å²) >= 11 is 6.05. The summed E-state index contributed by atoms with van der Waals surface area (Å²) in [5.74, 6) is 1.06. The molecular weight excluding hydrogens is 488 g/mol. The largest absolute Gasteiger partial charge is 0.493 e. The number of ether oxygens (including phenoxy) is 2. The van der Waals surface area contributed by atoms with Gasteiger partial charge in [-0.25, -0.2) is 13.1 Å². The second-order valence-electron chi connectivity index (χ2n) is 8.20. The molecule has 0 saturated heterocycles. The summed E-state index contributed by atoms with van der Waals surface area (Å²) in [6.07, 6.45) is 1.94. The van der Waals surface area contributed by atoms with E-state index in [1.165, 1.54) is 0 Å². The number of anilines is 1. The van der Waals surface area contributed by atoms with Crippen molar-refractivity contribution >= 4 is 33.2 Å². The van der Waals surface area contributed by atoms with Crippen LogP contribution in [0.3, 0.4) is 0 Å². The van der Waals surface area contributed by atoms with Gasteiger partial charge in [0.1, 0.15) is 0 Å². The normalized spacial score (nSPS) is 13.3. The number of carbonyl (C=O) groups excluding carboxylic acids is 1. The predicted octanol–water partition coefficient (Wildman–Crippen LogP) is 4.47. The fraction of sp³-hybridized carbons (Fsp3) is 0.269. The molecule has 1 aliphatic heterocycles. The zero-order chi connectivity index (χ0) is 25.0. The Balaban J connectivity index is 1.47. The topological polar surface area (TPSA) is 84.9 Å². The average molecular weight is 515 g/mol. The van der Waals surface area contributed by atoms with Gasteiger partial charge in [0, 0.05) is 29.4 Å². The molecule has 0 fully saturated rings. The van der Waals surface area contributed by atoms with Crippen LogP contribution in [0.4, 0.5) is 5.69 Å². The number of methoxy groups -OCH3 is 2. The summed E-state index contributed by atoms with van der Waals surface area (Å²) in [6.45, 7) is 0.794. The number of carbonyl (C=O) groups is 1. The lowest BCUT2D eigenvalue weighted by Gasteiger charge is -2.30. The van der Waals surface area contributed by atoms with Gasteiger partial charge in [-0.2, -0.15) is 0 Å². The molecule has 1 aliphatic rings. The molecule has 35 heavy (non-hydrogen) atoms. The van der Waals surface area contributed by atoms with Gasteiger partial charge in [0.25, 0.3) is 5.91 Å². The molecule has 0 atom stereocenters. The maximum atomic E-state index is 13.1. The van der Waals surface area contributed by atoms with Gasteiger partial charge in [0.05, 0.1) is 19.1 Å². The van der Waals surface area contributed by atoms with Crippen molar-refractivity contribution in [2.75, 3.05) is 32.2 Å². The Kier molecular flexibility index (Phi) is 7.64. The van der Waals surface area contributed by atoms with Gasteiger partial charge >= 0.3 is 0 Å². The number of nitrogens with zero attached hydrogens (tertiary/aromatic N) is 1. The molecule has 0 saturated carbocycles. The molecule has 7 nitrogen and oxygen atoms in total. The third-order valence-corrected chi connectivity index (χ3v) is 7.64. The van der Waals surface area contributed by atoms with Gasteiger partial charge in [-0.1, -0.05) is 23.7 Å². The van der Waals surface area contributed by atoms with Gasteiger partial charge < -0.3 is 14.4 Å². The van der Waals surface area contributed by atoms with Crippen molar-refractivity contribution in [2.45, 2.75) is 24.2 Å². The minimum atomic E-state index is -3.71. The molecule has 1 heterocycles. The van der Waals surface area contributed by atoms with Crippen molar-refractivity contribution < 1.29 is 22.7 Å². The molecule has 0 radical (unpaired) electrons. The quantitative estimate of drug-likeness (QED) is 0.479. The molecule has 184 valence electrons. The maximum absolute atomic E-state index is 13.1. The van der Waals surface area contributed by atoms with E-state index in [1.54, 1.807) is 67.7 Å². The summed E-state index contributed by atoms with van der Waals surface area (Å²) in [5.41, 5.74) is 2.98. The van der Waals surface area contributed by atoms with Crippen molar-refractivity contribution in [3.8, 4) is 11.5 Å². The molecular formula is C26H27ClN2O5S. The molecule has 1 N–H and O–H groups in total. The standard InChI is InChI=1S/C26H27ClN2O5S/c1-33-24-11-8-18(15-25(24)34-2)12-13-28-35(31,32)22-9-10-23-19(17-22)6-4-14-29(23)26(30)20-5-3-7-21(27)16-20/h3,5,7-11,15-17,28H,4,6,12-14H2,1-2H3. The first kappa shape index (κ1) is 25.0. The van der Waals surface area contributed by atoms with Crippen LogP contribution in [-0.4, -0.2) is 41.6 Å². The van der Waals surface area contributed by atoms with E-state index in [-0.39, 0.29) is 17.3 Å². The number of nitrogens with one attached hydrogen (secondary N) is 1. The molecule has 3 aromatic rings. The Labute approximate surface area is 210 Å². The first-order chi connectivity index (χ1) is 16.8. The Hall–Kier alpha value is -3.07. The lowest BCUT2D eigenvalue weighted by atomic mass is 10.0. The summed E-state index contributed by atoms with van der Waals surface area (Å²) in [7, 11) is -0.589. The number of hydrogen-bond donors (Lipinski definition) is 1. The van der Waals surface area contributed by atoms with Crippen LogP contribution in [0.15, 0.2) is 65.6 Å². The molecule has 0 aromatic heterocycles. The second-order valence-corrected chi connectivity index (χ2v) is 10.4. The zero-order valence-corrected chi connectivity index (χ0v) is 21.2. The van der Waals surface area contributed by atoms with Crippen LogP contribution in [0.5, 0.6) is 11.5 Å². The number of sulfonamides is 1. The highest BCUT2D eigenvalue weighted by Crippen LogP contribution is 2.31. The highest BCUT2D eigenvalue weighted by atomic mass is 35.5. The Morgan fingerprint density at radius 3 is 2.57 bits per heavy atom. The lowest BCUT2D eigenvalue weighted by molar-refractivity contribution is 0.0985. The number of fused-ring (bicyclic) bond motifs is 1. The molecule has 1 amide bonds. The average Bonchev–Trinajstić information content (AvgIpc) is 2.87. The number of rotatable bonds is 8. The van der Waals surface area contributed by atoms with E-state index in [9.17, 15) is 13.2 Å². The summed E-state index contributed by atoms with van der Waals surface area (Å²) in [6, 6.07) is 17.2. The molecule has 0 bridgehead atoms. The van der Waals surface area contributed by atoms with Crippen molar-refractivity contribution in [1.82, 2.24) is 4.72 Å². The Morgan fingerprint density at radius 2 is 1.83 bits per heavy atom. The van der Waals surface area contributed by atoms with Gasteiger partial charge in [0.15, 0.2) is 11.5 Å². The third kappa shape index (κ3) is 5.61. The number of hydrogen-bond acceptors (Lipinski definition) is 5. The molecule has 0 aliphatic carbocycles. The molecule has 0 unspecified atom stereocenters. The van der Waals surface area contributed by atoms with Crippen LogP contribution < -0.4 is 19.1 Å². The molecule has 4 rings (SSSR count). The minimum absolute atomic E-state index is 0.155. The van der Waals surface area contributed by atoms with Crippen molar-refractivity contribution in [3.63, 3.8) is 0 Å². The van der Waals surface area contributed by atoms with E-state index in [4.69, 9.17) is 21.1 Å². The van der Waals surface area contributed by atoms with E-state index in [1.807, 2.05) is 12.1 Å². The minimum Gasteiger partial charge on any atom is -0.493 e. The lowest BCUT2D eigenvalue weighted by Crippen LogP contribution is -2.35. The zero-order valence-electron chi connectivity index (χ0n) is 19.6. The summed E-state index contributed by atoms with van der Waals surface area (Å²) < 4.78 is 39.1. The third-order valence-electron chi connectivity index (χ3n) is 5.95. The smallest absolute Gasteiger partial charge is 0.258 e. The van der Waals surface area contributed by atoms with E-state index >= 15 is 0 Å². The van der Waals surface area contributed by atoms with E-state index in [2.05, 4.69) is 4.72 Å². The van der Waals surface area contributed by atoms with Crippen molar-refractivity contribution in [3.05, 3.63) is 82.4 Å². The first-order valence-corrected chi connectivity index (χ1v) is 13.1. The summed E-state index contributed by atoms with van der Waals surface area (Å²) in [4.78, 5) is 14.9. The van der Waals surface area contributed by atoms with Crippen LogP contribution in [0.25, 0.3) is 0 Å². The van der Waals surface area contributed by atoms with Crippen LogP contribution >= 0.6 is 11.6 Å². The Morgan fingerprint density at radius 1 is 1.03 bits per heavy atom. The molecule has 0 spiro atoms. The monoisotopic (exact) mass is 514 g/mol. The van der Waals surface area contributed by atoms with Gasteiger partial charge in [-0.05, 0) is 78.9 Å². The van der Waals surface area contributed by atoms with Gasteiger partial charge in [-0.3, -0.25) is 4.79 Å². The van der Waals surface area contributed by atoms with Crippen LogP contribution in [0, 0.1) is 0 Å². The maximum Gasteiger partial charge on any atom is 0.258 e. The van der Waals surface area contributed by atoms with Crippen LogP contribution in [-0.2, 0) is 22.9 Å². The first-order valence-electron chi connectivity index (χ1n) is 11.2. The predicted molar refractivity (Wildman–Crippen MR) is 136 cm³/mol. The SMILES string of the molecule is COc1ccc(CCNS(=O)(=O)c2ccc3c(c2)CCCN3C(=O)c2cccc(Cl)c2)cc1OC. The van der Waals surface area contributed by atoms with Crippen LogP contribution in [0.2, 0.25) is 5.02 Å². The number of benzene rings is 3. The van der Waals surface area contributed by atoms with E-state index in [0.717, 1.165) is 23.2 Å². The number of aryl methyl sites for hydroxylation is 1. The van der Waals surface area contributed by atoms with E-state index < -0.39 is 10.0 Å². The number of amides is 1.